The van der Waals surface area contributed by atoms with Gasteiger partial charge in [0.1, 0.15) is 0 Å². The molecule has 0 spiro atoms. The molecule has 0 saturated carbocycles. The van der Waals surface area contributed by atoms with Gasteiger partial charge < -0.3 is 0 Å². The Morgan fingerprint density at radius 1 is 1.08 bits per heavy atom. The molecule has 0 amide bonds. The van der Waals surface area contributed by atoms with Crippen LogP contribution in [0.4, 0.5) is 0 Å². The number of hydrogen-bond donors (Lipinski definition) is 0. The van der Waals surface area contributed by atoms with Gasteiger partial charge in [-0.25, -0.2) is 10.5 Å². The third-order valence-corrected chi connectivity index (χ3v) is 4.18. The molecule has 12 heavy (non-hydrogen) atoms. The Kier molecular flexibility index (Phi) is 2.28. The molecule has 0 aliphatic rings. The molecule has 3 heteroatoms. The van der Waals surface area contributed by atoms with Crippen LogP contribution in [0.5, 0.6) is 0 Å². The maximum Gasteiger partial charge on any atom is 0.312 e. The Balaban J connectivity index is 3.17. The van der Waals surface area contributed by atoms with Crippen molar-refractivity contribution in [2.24, 2.45) is 0 Å². The lowest BCUT2D eigenvalue weighted by molar-refractivity contribution is 1.52. The second-order valence-electron chi connectivity index (χ2n) is 2.71. The average Bonchev–Trinajstić information content (AvgIpc) is 2.18. The highest BCUT2D eigenvalue weighted by Crippen LogP contribution is 1.99. The van der Waals surface area contributed by atoms with Gasteiger partial charge >= 0.3 is 8.07 Å². The summed E-state index contributed by atoms with van der Waals surface area (Å²) in [6.07, 6.45) is 0. The van der Waals surface area contributed by atoms with E-state index in [-0.39, 0.29) is 0 Å². The van der Waals surface area contributed by atoms with Crippen LogP contribution in [0.15, 0.2) is 30.3 Å². The van der Waals surface area contributed by atoms with E-state index in [1.54, 1.807) is 6.55 Å². The van der Waals surface area contributed by atoms with E-state index < -0.39 is 8.07 Å². The third-order valence-electron chi connectivity index (χ3n) is 1.80. The van der Waals surface area contributed by atoms with E-state index in [0.717, 1.165) is 5.19 Å². The molecule has 0 heterocycles. The van der Waals surface area contributed by atoms with Gasteiger partial charge in [0.15, 0.2) is 0 Å². The monoisotopic (exact) mass is 172 g/mol. The Labute approximate surface area is 72.7 Å². The molecule has 58 valence electrons. The van der Waals surface area contributed by atoms with Crippen molar-refractivity contribution in [2.45, 2.75) is 6.55 Å². The summed E-state index contributed by atoms with van der Waals surface area (Å²) >= 11 is 0. The van der Waals surface area contributed by atoms with Crippen LogP contribution in [0.3, 0.4) is 0 Å². The van der Waals surface area contributed by atoms with Gasteiger partial charge in [0.25, 0.3) is 0 Å². The zero-order chi connectivity index (χ0) is 9.03. The highest BCUT2D eigenvalue weighted by atomic mass is 28.3. The zero-order valence-electron chi connectivity index (χ0n) is 6.78. The quantitative estimate of drug-likeness (QED) is 0.595. The molecule has 0 aliphatic carbocycles. The van der Waals surface area contributed by atoms with Gasteiger partial charge in [-0.1, -0.05) is 30.3 Å². The summed E-state index contributed by atoms with van der Waals surface area (Å²) in [6.45, 7) is 1.75. The van der Waals surface area contributed by atoms with Crippen LogP contribution in [0.1, 0.15) is 0 Å². The molecule has 1 aromatic rings. The van der Waals surface area contributed by atoms with Crippen molar-refractivity contribution >= 4 is 13.3 Å². The molecule has 0 fully saturated rings. The fraction of sp³-hybridized carbons (Fsp3) is 0.111. The minimum atomic E-state index is -2.46. The van der Waals surface area contributed by atoms with E-state index in [1.165, 1.54) is 0 Å². The summed E-state index contributed by atoms with van der Waals surface area (Å²) in [4.78, 5) is 0. The first-order valence-electron chi connectivity index (χ1n) is 3.61. The smallest absolute Gasteiger partial charge is 0.205 e. The van der Waals surface area contributed by atoms with E-state index >= 15 is 0 Å². The molecular formula is C9H8N2Si. The first-order valence-corrected chi connectivity index (χ1v) is 6.11. The van der Waals surface area contributed by atoms with Crippen molar-refractivity contribution in [3.8, 4) is 11.4 Å². The van der Waals surface area contributed by atoms with E-state index in [9.17, 15) is 0 Å². The van der Waals surface area contributed by atoms with Crippen molar-refractivity contribution in [1.29, 1.82) is 10.5 Å². The van der Waals surface area contributed by atoms with Crippen LogP contribution in [0.2, 0.25) is 6.55 Å². The lowest BCUT2D eigenvalue weighted by atomic mass is 10.4. The fourth-order valence-corrected chi connectivity index (χ4v) is 2.09. The summed E-state index contributed by atoms with van der Waals surface area (Å²) in [5, 5.41) is 18.5. The molecule has 0 saturated heterocycles. The predicted molar refractivity (Wildman–Crippen MR) is 48.9 cm³/mol. The second kappa shape index (κ2) is 3.21. The normalized spacial score (nSPS) is 9.92. The van der Waals surface area contributed by atoms with Gasteiger partial charge in [0.2, 0.25) is 0 Å². The molecular weight excluding hydrogens is 164 g/mol. The Bertz CT molecular complexity index is 331. The highest BCUT2D eigenvalue weighted by Gasteiger charge is 2.30. The molecule has 2 nitrogen and oxygen atoms in total. The zero-order valence-corrected chi connectivity index (χ0v) is 7.78. The van der Waals surface area contributed by atoms with Crippen molar-refractivity contribution in [2.75, 3.05) is 0 Å². The number of nitrogens with zero attached hydrogens (tertiary/aromatic N) is 2. The number of hydrogen-bond acceptors (Lipinski definition) is 2. The molecule has 0 unspecified atom stereocenters. The largest absolute Gasteiger partial charge is 0.312 e. The van der Waals surface area contributed by atoms with Crippen molar-refractivity contribution < 1.29 is 0 Å². The third kappa shape index (κ3) is 1.37. The average molecular weight is 172 g/mol. The van der Waals surface area contributed by atoms with Crippen LogP contribution >= 0.6 is 0 Å². The van der Waals surface area contributed by atoms with E-state index in [2.05, 4.69) is 11.4 Å². The van der Waals surface area contributed by atoms with Crippen molar-refractivity contribution in [1.82, 2.24) is 0 Å². The van der Waals surface area contributed by atoms with E-state index in [1.807, 2.05) is 30.3 Å². The Hall–Kier alpha value is -1.58. The molecule has 1 rings (SSSR count). The lowest BCUT2D eigenvalue weighted by Gasteiger charge is -2.07. The van der Waals surface area contributed by atoms with Crippen molar-refractivity contribution in [3.63, 3.8) is 0 Å². The van der Waals surface area contributed by atoms with Crippen LogP contribution < -0.4 is 5.19 Å². The number of nitriles is 2. The maximum atomic E-state index is 8.83. The van der Waals surface area contributed by atoms with Gasteiger partial charge in [-0.15, -0.1) is 0 Å². The van der Waals surface area contributed by atoms with Crippen LogP contribution in [-0.4, -0.2) is 8.07 Å². The first kappa shape index (κ1) is 8.51. The van der Waals surface area contributed by atoms with E-state index in [0.29, 0.717) is 0 Å². The lowest BCUT2D eigenvalue weighted by Crippen LogP contribution is -2.42. The number of rotatable bonds is 1. The van der Waals surface area contributed by atoms with Gasteiger partial charge in [0, 0.05) is 11.4 Å². The predicted octanol–water partition coefficient (Wildman–Crippen LogP) is 1.10. The summed E-state index contributed by atoms with van der Waals surface area (Å²) in [5.41, 5.74) is 4.24. The topological polar surface area (TPSA) is 47.6 Å². The van der Waals surface area contributed by atoms with Crippen LogP contribution in [-0.2, 0) is 0 Å². The van der Waals surface area contributed by atoms with Crippen molar-refractivity contribution in [3.05, 3.63) is 30.3 Å². The van der Waals surface area contributed by atoms with Crippen LogP contribution in [0.25, 0.3) is 0 Å². The molecule has 0 N–H and O–H groups in total. The highest BCUT2D eigenvalue weighted by molar-refractivity contribution is 7.02. The second-order valence-corrected chi connectivity index (χ2v) is 5.99. The molecule has 0 atom stereocenters. The summed E-state index contributed by atoms with van der Waals surface area (Å²) in [6, 6.07) is 9.29. The van der Waals surface area contributed by atoms with Gasteiger partial charge in [0.05, 0.1) is 0 Å². The summed E-state index contributed by atoms with van der Waals surface area (Å²) < 4.78 is 0. The Morgan fingerprint density at radius 2 is 1.58 bits per heavy atom. The molecule has 0 aliphatic heterocycles. The fourth-order valence-electron chi connectivity index (χ4n) is 0.926. The minimum Gasteiger partial charge on any atom is -0.205 e. The van der Waals surface area contributed by atoms with Gasteiger partial charge in [-0.2, -0.15) is 0 Å². The summed E-state index contributed by atoms with van der Waals surface area (Å²) in [7, 11) is -2.46. The summed E-state index contributed by atoms with van der Waals surface area (Å²) in [5.74, 6) is 0. The van der Waals surface area contributed by atoms with Crippen LogP contribution in [0, 0.1) is 21.9 Å². The minimum absolute atomic E-state index is 0.884. The van der Waals surface area contributed by atoms with E-state index in [4.69, 9.17) is 10.5 Å². The van der Waals surface area contributed by atoms with Gasteiger partial charge in [-0.3, -0.25) is 0 Å². The molecule has 0 bridgehead atoms. The first-order chi connectivity index (χ1) is 5.73. The molecule has 0 aromatic heterocycles. The molecule has 0 radical (unpaired) electrons. The maximum absolute atomic E-state index is 8.83. The van der Waals surface area contributed by atoms with Gasteiger partial charge in [-0.05, 0) is 11.7 Å². The standard InChI is InChI=1S/C9H8N2Si/c1-12(7-10,8-11)9-5-3-2-4-6-9/h2-6H,1H3. The Morgan fingerprint density at radius 3 is 2.00 bits per heavy atom. The number of benzene rings is 1. The SMILES string of the molecule is C[Si](C#N)(C#N)c1ccccc1. The molecule has 1 aromatic carbocycles.